The van der Waals surface area contributed by atoms with Crippen LogP contribution in [-0.4, -0.2) is 26.7 Å². The van der Waals surface area contributed by atoms with Gasteiger partial charge in [0.05, 0.1) is 16.4 Å². The van der Waals surface area contributed by atoms with E-state index in [1.165, 1.54) is 16.9 Å². The SMILES string of the molecule is CCn1nc(-c2cccc(-c3ccc(C(N)=O)cc3C)c2)cc(NC(=O)Nc2c(C)cncc2Cl)c1=O. The Morgan fingerprint density at radius 2 is 1.76 bits per heavy atom. The number of hydrogen-bond donors (Lipinski definition) is 3. The lowest BCUT2D eigenvalue weighted by molar-refractivity contribution is 0.1000. The highest BCUT2D eigenvalue weighted by atomic mass is 35.5. The molecule has 0 radical (unpaired) electrons. The number of aryl methyl sites for hydroxylation is 3. The highest BCUT2D eigenvalue weighted by Crippen LogP contribution is 2.29. The number of rotatable bonds is 6. The number of carbonyl (C=O) groups is 2. The molecule has 0 unspecified atom stereocenters. The first-order valence-electron chi connectivity index (χ1n) is 11.5. The van der Waals surface area contributed by atoms with Crippen molar-refractivity contribution >= 4 is 34.9 Å². The molecule has 0 aliphatic carbocycles. The summed E-state index contributed by atoms with van der Waals surface area (Å²) >= 11 is 6.16. The fourth-order valence-corrected chi connectivity index (χ4v) is 4.18. The lowest BCUT2D eigenvalue weighted by atomic mass is 9.96. The molecule has 0 saturated carbocycles. The molecule has 10 heteroatoms. The summed E-state index contributed by atoms with van der Waals surface area (Å²) in [5.41, 5.74) is 10.5. The minimum atomic E-state index is -0.619. The second-order valence-corrected chi connectivity index (χ2v) is 8.84. The number of hydrogen-bond acceptors (Lipinski definition) is 5. The summed E-state index contributed by atoms with van der Waals surface area (Å²) < 4.78 is 1.29. The predicted octanol–water partition coefficient (Wildman–Crippen LogP) is 5.01. The first-order chi connectivity index (χ1) is 17.7. The Balaban J connectivity index is 1.68. The number of urea groups is 1. The number of aromatic nitrogens is 3. The highest BCUT2D eigenvalue weighted by molar-refractivity contribution is 6.33. The minimum absolute atomic E-state index is 0.0691. The molecule has 0 spiro atoms. The molecule has 0 bridgehead atoms. The van der Waals surface area contributed by atoms with Crippen molar-refractivity contribution in [3.8, 4) is 22.4 Å². The standard InChI is InChI=1S/C27H25ClN6O3/c1-4-34-26(36)23(31-27(37)32-24-16(3)13-30-14-21(24)28)12-22(33-34)18-7-5-6-17(11-18)20-9-8-19(25(29)35)10-15(20)2/h5-14H,4H2,1-3H3,(H2,29,35)(H2,30,31,32,37). The molecule has 2 aromatic heterocycles. The molecule has 0 atom stereocenters. The third-order valence-corrected chi connectivity index (χ3v) is 6.12. The van der Waals surface area contributed by atoms with Crippen LogP contribution in [-0.2, 0) is 6.54 Å². The Morgan fingerprint density at radius 1 is 1.00 bits per heavy atom. The monoisotopic (exact) mass is 516 g/mol. The zero-order valence-corrected chi connectivity index (χ0v) is 21.3. The number of nitrogens with one attached hydrogen (secondary N) is 2. The molecule has 4 N–H and O–H groups in total. The Bertz CT molecular complexity index is 1560. The van der Waals surface area contributed by atoms with Crippen molar-refractivity contribution in [2.24, 2.45) is 5.73 Å². The van der Waals surface area contributed by atoms with E-state index in [9.17, 15) is 14.4 Å². The van der Waals surface area contributed by atoms with Gasteiger partial charge >= 0.3 is 6.03 Å². The zero-order chi connectivity index (χ0) is 26.7. The van der Waals surface area contributed by atoms with Gasteiger partial charge in [-0.05, 0) is 67.3 Å². The third-order valence-electron chi connectivity index (χ3n) is 5.83. The average Bonchev–Trinajstić information content (AvgIpc) is 2.87. The Labute approximate surface area is 218 Å². The lowest BCUT2D eigenvalue weighted by Crippen LogP contribution is -2.30. The lowest BCUT2D eigenvalue weighted by Gasteiger charge is -2.14. The molecule has 0 aliphatic heterocycles. The van der Waals surface area contributed by atoms with Gasteiger partial charge in [0.25, 0.3) is 5.56 Å². The van der Waals surface area contributed by atoms with E-state index in [0.717, 1.165) is 22.3 Å². The maximum atomic E-state index is 12.9. The van der Waals surface area contributed by atoms with Crippen molar-refractivity contribution in [1.29, 1.82) is 0 Å². The van der Waals surface area contributed by atoms with E-state index in [1.807, 2.05) is 37.3 Å². The molecule has 2 heterocycles. The summed E-state index contributed by atoms with van der Waals surface area (Å²) in [4.78, 5) is 41.1. The van der Waals surface area contributed by atoms with Crippen LogP contribution in [0.15, 0.2) is 65.7 Å². The molecular formula is C27H25ClN6O3. The summed E-state index contributed by atoms with van der Waals surface area (Å²) in [5, 5.41) is 10.1. The summed E-state index contributed by atoms with van der Waals surface area (Å²) in [6.07, 6.45) is 3.00. The van der Waals surface area contributed by atoms with Crippen molar-refractivity contribution < 1.29 is 9.59 Å². The molecule has 188 valence electrons. The molecule has 0 fully saturated rings. The molecule has 37 heavy (non-hydrogen) atoms. The summed E-state index contributed by atoms with van der Waals surface area (Å²) in [7, 11) is 0. The Morgan fingerprint density at radius 3 is 2.43 bits per heavy atom. The van der Waals surface area contributed by atoms with E-state index in [1.54, 1.807) is 32.2 Å². The first kappa shape index (κ1) is 25.6. The summed E-state index contributed by atoms with van der Waals surface area (Å²) in [6, 6.07) is 13.8. The van der Waals surface area contributed by atoms with Crippen LogP contribution in [0.4, 0.5) is 16.2 Å². The molecule has 9 nitrogen and oxygen atoms in total. The number of halogens is 1. The first-order valence-corrected chi connectivity index (χ1v) is 11.9. The van der Waals surface area contributed by atoms with Gasteiger partial charge in [-0.25, -0.2) is 9.48 Å². The van der Waals surface area contributed by atoms with Gasteiger partial charge in [0.15, 0.2) is 0 Å². The number of pyridine rings is 1. The normalized spacial score (nSPS) is 10.7. The van der Waals surface area contributed by atoms with Gasteiger partial charge in [0.2, 0.25) is 5.91 Å². The van der Waals surface area contributed by atoms with Crippen molar-refractivity contribution in [2.75, 3.05) is 10.6 Å². The van der Waals surface area contributed by atoms with Crippen LogP contribution in [0.25, 0.3) is 22.4 Å². The van der Waals surface area contributed by atoms with Crippen molar-refractivity contribution in [3.05, 3.63) is 93.0 Å². The van der Waals surface area contributed by atoms with Gasteiger partial charge in [-0.2, -0.15) is 5.10 Å². The average molecular weight is 517 g/mol. The van der Waals surface area contributed by atoms with Gasteiger partial charge in [-0.15, -0.1) is 0 Å². The predicted molar refractivity (Wildman–Crippen MR) is 145 cm³/mol. The fourth-order valence-electron chi connectivity index (χ4n) is 3.93. The van der Waals surface area contributed by atoms with Crippen molar-refractivity contribution in [1.82, 2.24) is 14.8 Å². The fraction of sp³-hybridized carbons (Fsp3) is 0.148. The van der Waals surface area contributed by atoms with E-state index >= 15 is 0 Å². The Kier molecular flexibility index (Phi) is 7.35. The van der Waals surface area contributed by atoms with Gasteiger partial charge in [0, 0.05) is 30.1 Å². The number of anilines is 2. The smallest absolute Gasteiger partial charge is 0.323 e. The number of primary amides is 1. The van der Waals surface area contributed by atoms with Gasteiger partial charge < -0.3 is 16.4 Å². The molecule has 4 rings (SSSR count). The van der Waals surface area contributed by atoms with E-state index in [-0.39, 0.29) is 10.7 Å². The number of nitrogens with zero attached hydrogens (tertiary/aromatic N) is 3. The van der Waals surface area contributed by atoms with Crippen LogP contribution < -0.4 is 21.9 Å². The molecule has 0 saturated heterocycles. The van der Waals surface area contributed by atoms with E-state index in [2.05, 4.69) is 20.7 Å². The third kappa shape index (κ3) is 5.52. The van der Waals surface area contributed by atoms with Crippen LogP contribution in [0.1, 0.15) is 28.4 Å². The van der Waals surface area contributed by atoms with Crippen LogP contribution >= 0.6 is 11.6 Å². The van der Waals surface area contributed by atoms with Crippen LogP contribution in [0.2, 0.25) is 5.02 Å². The zero-order valence-electron chi connectivity index (χ0n) is 20.5. The van der Waals surface area contributed by atoms with Crippen LogP contribution in [0.5, 0.6) is 0 Å². The van der Waals surface area contributed by atoms with Crippen LogP contribution in [0, 0.1) is 13.8 Å². The quantitative estimate of drug-likeness (QED) is 0.331. The highest BCUT2D eigenvalue weighted by Gasteiger charge is 2.15. The van der Waals surface area contributed by atoms with Crippen molar-refractivity contribution in [3.63, 3.8) is 0 Å². The van der Waals surface area contributed by atoms with E-state index in [0.29, 0.717) is 29.1 Å². The molecule has 2 aromatic carbocycles. The number of nitrogens with two attached hydrogens (primary N) is 1. The van der Waals surface area contributed by atoms with Crippen LogP contribution in [0.3, 0.4) is 0 Å². The topological polar surface area (TPSA) is 132 Å². The number of carbonyl (C=O) groups excluding carboxylic acids is 2. The molecular weight excluding hydrogens is 492 g/mol. The largest absolute Gasteiger partial charge is 0.366 e. The second-order valence-electron chi connectivity index (χ2n) is 8.43. The minimum Gasteiger partial charge on any atom is -0.366 e. The second kappa shape index (κ2) is 10.6. The number of amides is 3. The van der Waals surface area contributed by atoms with Gasteiger partial charge in [-0.3, -0.25) is 14.6 Å². The number of benzene rings is 2. The summed E-state index contributed by atoms with van der Waals surface area (Å²) in [6.45, 7) is 5.77. The van der Waals surface area contributed by atoms with Gasteiger partial charge in [0.1, 0.15) is 5.69 Å². The van der Waals surface area contributed by atoms with Crippen molar-refractivity contribution in [2.45, 2.75) is 27.3 Å². The van der Waals surface area contributed by atoms with Gasteiger partial charge in [-0.1, -0.05) is 35.9 Å². The molecule has 0 aliphatic rings. The molecule has 4 aromatic rings. The van der Waals surface area contributed by atoms with E-state index < -0.39 is 17.5 Å². The summed E-state index contributed by atoms with van der Waals surface area (Å²) in [5.74, 6) is -0.486. The van der Waals surface area contributed by atoms with E-state index in [4.69, 9.17) is 17.3 Å². The molecule has 3 amide bonds. The maximum Gasteiger partial charge on any atom is 0.323 e. The maximum absolute atomic E-state index is 12.9. The Hall–Kier alpha value is -4.50.